The Hall–Kier alpha value is -0.120. The molecule has 0 aromatic heterocycles. The molecule has 0 aromatic carbocycles. The van der Waals surface area contributed by atoms with E-state index in [1.807, 2.05) is 0 Å². The van der Waals surface area contributed by atoms with Crippen molar-refractivity contribution in [1.82, 2.24) is 15.1 Å². The smallest absolute Gasteiger partial charge is 0.0251 e. The van der Waals surface area contributed by atoms with Crippen molar-refractivity contribution in [2.45, 2.75) is 58.0 Å². The third-order valence-corrected chi connectivity index (χ3v) is 4.80. The molecule has 1 rings (SSSR count). The van der Waals surface area contributed by atoms with Crippen LogP contribution in [0.4, 0.5) is 0 Å². The summed E-state index contributed by atoms with van der Waals surface area (Å²) in [5.74, 6) is 0.942. The van der Waals surface area contributed by atoms with Gasteiger partial charge in [0.05, 0.1) is 0 Å². The van der Waals surface area contributed by atoms with Crippen molar-refractivity contribution in [3.05, 3.63) is 0 Å². The predicted molar refractivity (Wildman–Crippen MR) is 84.7 cm³/mol. The van der Waals surface area contributed by atoms with Crippen molar-refractivity contribution in [3.8, 4) is 0 Å². The van der Waals surface area contributed by atoms with Crippen LogP contribution < -0.4 is 5.32 Å². The van der Waals surface area contributed by atoms with Gasteiger partial charge in [-0.3, -0.25) is 4.90 Å². The quantitative estimate of drug-likeness (QED) is 0.730. The van der Waals surface area contributed by atoms with Gasteiger partial charge >= 0.3 is 0 Å². The number of hydrogen-bond donors (Lipinski definition) is 1. The molecule has 0 radical (unpaired) electrons. The Morgan fingerprint density at radius 1 is 1.11 bits per heavy atom. The van der Waals surface area contributed by atoms with E-state index in [-0.39, 0.29) is 0 Å². The molecule has 1 aliphatic carbocycles. The molecule has 3 nitrogen and oxygen atoms in total. The molecule has 0 spiro atoms. The van der Waals surface area contributed by atoms with E-state index < -0.39 is 0 Å². The lowest BCUT2D eigenvalue weighted by Crippen LogP contribution is -2.52. The summed E-state index contributed by atoms with van der Waals surface area (Å²) in [7, 11) is 6.47. The fourth-order valence-corrected chi connectivity index (χ4v) is 3.49. The van der Waals surface area contributed by atoms with E-state index in [1.165, 1.54) is 51.7 Å². The van der Waals surface area contributed by atoms with Crippen molar-refractivity contribution in [1.29, 1.82) is 0 Å². The van der Waals surface area contributed by atoms with Gasteiger partial charge in [0.2, 0.25) is 0 Å². The molecule has 0 saturated heterocycles. The molecule has 0 bridgehead atoms. The van der Waals surface area contributed by atoms with Crippen LogP contribution in [0.3, 0.4) is 0 Å². The second kappa shape index (κ2) is 8.93. The minimum Gasteiger partial charge on any atom is -0.315 e. The Morgan fingerprint density at radius 2 is 1.84 bits per heavy atom. The van der Waals surface area contributed by atoms with E-state index in [9.17, 15) is 0 Å². The number of likely N-dealkylation sites (N-methyl/N-ethyl adjacent to an activating group) is 2. The van der Waals surface area contributed by atoms with Gasteiger partial charge in [-0.1, -0.05) is 20.3 Å². The second-order valence-electron chi connectivity index (χ2n) is 6.34. The van der Waals surface area contributed by atoms with E-state index in [4.69, 9.17) is 0 Å². The van der Waals surface area contributed by atoms with Crippen molar-refractivity contribution < 1.29 is 0 Å². The third kappa shape index (κ3) is 5.41. The van der Waals surface area contributed by atoms with Gasteiger partial charge in [0.25, 0.3) is 0 Å². The first-order chi connectivity index (χ1) is 9.12. The highest BCUT2D eigenvalue weighted by Gasteiger charge is 2.32. The third-order valence-electron chi connectivity index (χ3n) is 4.80. The summed E-state index contributed by atoms with van der Waals surface area (Å²) in [6, 6.07) is 1.44. The molecule has 0 aliphatic heterocycles. The highest BCUT2D eigenvalue weighted by atomic mass is 15.2. The minimum absolute atomic E-state index is 0.696. The lowest BCUT2D eigenvalue weighted by atomic mass is 9.80. The average molecular weight is 269 g/mol. The molecule has 0 heterocycles. The number of hydrogen-bond acceptors (Lipinski definition) is 3. The number of nitrogens with one attached hydrogen (secondary N) is 1. The fraction of sp³-hybridized carbons (Fsp3) is 1.00. The maximum atomic E-state index is 3.56. The molecule has 3 atom stereocenters. The summed E-state index contributed by atoms with van der Waals surface area (Å²) in [6.45, 7) is 8.30. The zero-order valence-electron chi connectivity index (χ0n) is 13.8. The first-order valence-electron chi connectivity index (χ1n) is 8.18. The topological polar surface area (TPSA) is 18.5 Å². The number of nitrogens with zero attached hydrogens (tertiary/aromatic N) is 2. The molecule has 3 heteroatoms. The number of rotatable bonds is 8. The molecule has 19 heavy (non-hydrogen) atoms. The van der Waals surface area contributed by atoms with Gasteiger partial charge in [-0.15, -0.1) is 0 Å². The SMILES string of the molecule is CCC1CCC(NC)C(N(CC)CCCN(C)C)C1. The van der Waals surface area contributed by atoms with Crippen molar-refractivity contribution in [2.75, 3.05) is 40.8 Å². The molecule has 0 aromatic rings. The summed E-state index contributed by atoms with van der Waals surface area (Å²) >= 11 is 0. The fourth-order valence-electron chi connectivity index (χ4n) is 3.49. The first kappa shape index (κ1) is 16.9. The normalized spacial score (nSPS) is 28.3. The summed E-state index contributed by atoms with van der Waals surface area (Å²) < 4.78 is 0. The first-order valence-corrected chi connectivity index (χ1v) is 8.18. The molecular formula is C16H35N3. The maximum Gasteiger partial charge on any atom is 0.0251 e. The Morgan fingerprint density at radius 3 is 2.37 bits per heavy atom. The predicted octanol–water partition coefficient (Wildman–Crippen LogP) is 2.43. The Bertz CT molecular complexity index is 230. The van der Waals surface area contributed by atoms with E-state index in [0.717, 1.165) is 12.0 Å². The maximum absolute atomic E-state index is 3.56. The second-order valence-corrected chi connectivity index (χ2v) is 6.34. The van der Waals surface area contributed by atoms with Crippen molar-refractivity contribution in [3.63, 3.8) is 0 Å². The highest BCUT2D eigenvalue weighted by molar-refractivity contribution is 4.90. The van der Waals surface area contributed by atoms with Gasteiger partial charge in [-0.25, -0.2) is 0 Å². The molecule has 114 valence electrons. The van der Waals surface area contributed by atoms with Crippen LogP contribution in [0, 0.1) is 5.92 Å². The van der Waals surface area contributed by atoms with Crippen LogP contribution in [0.5, 0.6) is 0 Å². The summed E-state index contributed by atoms with van der Waals surface area (Å²) in [4.78, 5) is 5.01. The van der Waals surface area contributed by atoms with Crippen molar-refractivity contribution >= 4 is 0 Å². The molecule has 1 saturated carbocycles. The van der Waals surface area contributed by atoms with Gasteiger partial charge < -0.3 is 10.2 Å². The van der Waals surface area contributed by atoms with Crippen LogP contribution in [0.15, 0.2) is 0 Å². The van der Waals surface area contributed by atoms with Gasteiger partial charge in [0, 0.05) is 12.1 Å². The molecular weight excluding hydrogens is 234 g/mol. The van der Waals surface area contributed by atoms with Gasteiger partial charge in [-0.2, -0.15) is 0 Å². The molecule has 3 unspecified atom stereocenters. The average Bonchev–Trinajstić information content (AvgIpc) is 2.42. The Kier molecular flexibility index (Phi) is 7.96. The van der Waals surface area contributed by atoms with Crippen LogP contribution in [0.2, 0.25) is 0 Å². The Labute approximate surface area is 120 Å². The highest BCUT2D eigenvalue weighted by Crippen LogP contribution is 2.30. The zero-order chi connectivity index (χ0) is 14.3. The van der Waals surface area contributed by atoms with Crippen LogP contribution in [-0.4, -0.2) is 62.7 Å². The molecule has 1 fully saturated rings. The summed E-state index contributed by atoms with van der Waals surface area (Å²) in [6.07, 6.45) is 6.78. The minimum atomic E-state index is 0.696. The van der Waals surface area contributed by atoms with Gasteiger partial charge in [0.1, 0.15) is 0 Å². The van der Waals surface area contributed by atoms with E-state index in [1.54, 1.807) is 0 Å². The van der Waals surface area contributed by atoms with Crippen LogP contribution in [-0.2, 0) is 0 Å². The van der Waals surface area contributed by atoms with Crippen LogP contribution >= 0.6 is 0 Å². The molecule has 1 aliphatic rings. The van der Waals surface area contributed by atoms with E-state index in [0.29, 0.717) is 6.04 Å². The Balaban J connectivity index is 2.53. The van der Waals surface area contributed by atoms with Crippen molar-refractivity contribution in [2.24, 2.45) is 5.92 Å². The van der Waals surface area contributed by atoms with Crippen LogP contribution in [0.25, 0.3) is 0 Å². The lowest BCUT2D eigenvalue weighted by Gasteiger charge is -2.42. The largest absolute Gasteiger partial charge is 0.315 e. The molecule has 0 amide bonds. The van der Waals surface area contributed by atoms with Gasteiger partial charge in [0.15, 0.2) is 0 Å². The van der Waals surface area contributed by atoms with E-state index in [2.05, 4.69) is 50.1 Å². The zero-order valence-corrected chi connectivity index (χ0v) is 13.8. The monoisotopic (exact) mass is 269 g/mol. The molecule has 1 N–H and O–H groups in total. The van der Waals surface area contributed by atoms with E-state index >= 15 is 0 Å². The standard InChI is InChI=1S/C16H35N3/c1-6-14-9-10-15(17-3)16(13-14)19(7-2)12-8-11-18(4)5/h14-17H,6-13H2,1-5H3. The summed E-state index contributed by atoms with van der Waals surface area (Å²) in [5, 5.41) is 3.56. The van der Waals surface area contributed by atoms with Gasteiger partial charge in [-0.05, 0) is 72.4 Å². The van der Waals surface area contributed by atoms with Crippen LogP contribution in [0.1, 0.15) is 46.0 Å². The summed E-state index contributed by atoms with van der Waals surface area (Å²) in [5.41, 5.74) is 0. The lowest BCUT2D eigenvalue weighted by molar-refractivity contribution is 0.0997.